The fourth-order valence-corrected chi connectivity index (χ4v) is 3.03. The predicted molar refractivity (Wildman–Crippen MR) is 89.0 cm³/mol. The molecule has 124 valence electrons. The van der Waals surface area contributed by atoms with E-state index in [1.54, 1.807) is 12.1 Å². The number of imide groups is 1. The molecule has 1 N–H and O–H groups in total. The van der Waals surface area contributed by atoms with Gasteiger partial charge in [-0.25, -0.2) is 14.5 Å². The smallest absolute Gasteiger partial charge is 0.335 e. The van der Waals surface area contributed by atoms with Gasteiger partial charge in [0.05, 0.1) is 11.3 Å². The molecule has 1 aliphatic carbocycles. The van der Waals surface area contributed by atoms with E-state index in [0.717, 1.165) is 4.90 Å². The molecule has 0 aromatic heterocycles. The van der Waals surface area contributed by atoms with Crippen molar-refractivity contribution in [3.05, 3.63) is 53.1 Å². The Morgan fingerprint density at radius 1 is 1.33 bits per heavy atom. The third-order valence-electron chi connectivity index (χ3n) is 4.03. The van der Waals surface area contributed by atoms with E-state index in [1.807, 2.05) is 12.2 Å². The minimum atomic E-state index is -1.11. The lowest BCUT2D eigenvalue weighted by molar-refractivity contribution is -0.116. The maximum absolute atomic E-state index is 12.6. The van der Waals surface area contributed by atoms with Crippen LogP contribution in [0.15, 0.2) is 47.5 Å². The molecular weight excluding hydrogens is 332 g/mol. The van der Waals surface area contributed by atoms with Crippen molar-refractivity contribution < 1.29 is 19.5 Å². The Balaban J connectivity index is 1.79. The zero-order valence-electron chi connectivity index (χ0n) is 12.7. The summed E-state index contributed by atoms with van der Waals surface area (Å²) >= 11 is 6.16. The quantitative estimate of drug-likeness (QED) is 0.850. The Morgan fingerprint density at radius 2 is 2.12 bits per heavy atom. The summed E-state index contributed by atoms with van der Waals surface area (Å²) in [6.45, 7) is 0.305. The molecule has 6 nitrogen and oxygen atoms in total. The lowest BCUT2D eigenvalue weighted by atomic mass is 10.00. The van der Waals surface area contributed by atoms with Crippen molar-refractivity contribution in [3.8, 4) is 0 Å². The molecule has 24 heavy (non-hydrogen) atoms. The molecule has 3 amide bonds. The van der Waals surface area contributed by atoms with Crippen molar-refractivity contribution in [1.29, 1.82) is 0 Å². The molecule has 0 bridgehead atoms. The van der Waals surface area contributed by atoms with E-state index in [4.69, 9.17) is 16.7 Å². The summed E-state index contributed by atoms with van der Waals surface area (Å²) in [5.41, 5.74) is 0.285. The zero-order chi connectivity index (χ0) is 17.3. The number of hydrogen-bond donors (Lipinski definition) is 1. The highest BCUT2D eigenvalue weighted by molar-refractivity contribution is 6.30. The molecule has 3 rings (SSSR count). The highest BCUT2D eigenvalue weighted by Gasteiger charge is 2.38. The average molecular weight is 347 g/mol. The first-order chi connectivity index (χ1) is 11.5. The minimum absolute atomic E-state index is 0.0231. The van der Waals surface area contributed by atoms with Gasteiger partial charge in [0.15, 0.2) is 0 Å². The Bertz CT molecular complexity index is 772. The van der Waals surface area contributed by atoms with E-state index in [2.05, 4.69) is 0 Å². The van der Waals surface area contributed by atoms with Crippen LogP contribution in [0.3, 0.4) is 0 Å². The molecule has 1 aromatic rings. The number of urea groups is 1. The van der Waals surface area contributed by atoms with Gasteiger partial charge in [0, 0.05) is 17.5 Å². The number of carboxylic acids is 1. The molecule has 0 saturated carbocycles. The largest absolute Gasteiger partial charge is 0.478 e. The summed E-state index contributed by atoms with van der Waals surface area (Å²) in [7, 11) is 0. The van der Waals surface area contributed by atoms with Gasteiger partial charge >= 0.3 is 12.0 Å². The van der Waals surface area contributed by atoms with Crippen molar-refractivity contribution in [1.82, 2.24) is 4.90 Å². The third-order valence-corrected chi connectivity index (χ3v) is 4.47. The fraction of sp³-hybridized carbons (Fsp3) is 0.235. The Labute approximate surface area is 143 Å². The fourth-order valence-electron chi connectivity index (χ4n) is 2.80. The number of hydrogen-bond acceptors (Lipinski definition) is 3. The molecule has 7 heteroatoms. The molecule has 2 aliphatic rings. The number of allylic oxidation sites excluding steroid dienone is 3. The van der Waals surface area contributed by atoms with Gasteiger partial charge in [-0.2, -0.15) is 0 Å². The summed E-state index contributed by atoms with van der Waals surface area (Å²) in [5.74, 6) is -1.52. The lowest BCUT2D eigenvalue weighted by Gasteiger charge is -2.23. The number of amides is 3. The average Bonchev–Trinajstić information content (AvgIpc) is 2.83. The van der Waals surface area contributed by atoms with E-state index in [-0.39, 0.29) is 29.6 Å². The van der Waals surface area contributed by atoms with Crippen LogP contribution in [0.25, 0.3) is 0 Å². The van der Waals surface area contributed by atoms with Gasteiger partial charge in [0.25, 0.3) is 5.91 Å². The maximum atomic E-state index is 12.6. The molecule has 0 radical (unpaired) electrons. The number of nitrogens with zero attached hydrogens (tertiary/aromatic N) is 2. The van der Waals surface area contributed by atoms with Gasteiger partial charge in [-0.3, -0.25) is 4.79 Å². The number of anilines is 1. The Hall–Kier alpha value is -2.60. The molecule has 0 spiro atoms. The van der Waals surface area contributed by atoms with Crippen LogP contribution in [0, 0.1) is 5.92 Å². The number of carbonyl (C=O) groups is 3. The van der Waals surface area contributed by atoms with E-state index in [9.17, 15) is 14.4 Å². The SMILES string of the molecule is O=C(O)c1cccc(N2C(=O)CN(CC3CC=CC=C3Cl)C2=O)c1. The molecule has 1 atom stereocenters. The summed E-state index contributed by atoms with van der Waals surface area (Å²) in [6.07, 6.45) is 6.32. The summed E-state index contributed by atoms with van der Waals surface area (Å²) in [5, 5.41) is 9.71. The highest BCUT2D eigenvalue weighted by Crippen LogP contribution is 2.28. The molecule has 1 fully saturated rings. The first kappa shape index (κ1) is 16.3. The lowest BCUT2D eigenvalue weighted by Crippen LogP contribution is -2.35. The van der Waals surface area contributed by atoms with Crippen LogP contribution in [0.2, 0.25) is 0 Å². The predicted octanol–water partition coefficient (Wildman–Crippen LogP) is 2.85. The normalized spacial score (nSPS) is 20.5. The van der Waals surface area contributed by atoms with E-state index in [0.29, 0.717) is 18.0 Å². The number of carboxylic acid groups (broad SMARTS) is 1. The van der Waals surface area contributed by atoms with E-state index >= 15 is 0 Å². The van der Waals surface area contributed by atoms with Gasteiger partial charge in [-0.05, 0) is 30.7 Å². The molecule has 1 aromatic carbocycles. The van der Waals surface area contributed by atoms with Crippen LogP contribution in [-0.2, 0) is 4.79 Å². The molecule has 1 unspecified atom stereocenters. The van der Waals surface area contributed by atoms with E-state index < -0.39 is 12.0 Å². The standard InChI is InChI=1S/C17H15ClN2O4/c18-14-7-2-1-4-12(14)9-19-10-15(21)20(17(19)24)13-6-3-5-11(8-13)16(22)23/h1-3,5-8,12H,4,9-10H2,(H,22,23). The minimum Gasteiger partial charge on any atom is -0.478 e. The number of aromatic carboxylic acids is 1. The molecular formula is C17H15ClN2O4. The number of benzene rings is 1. The zero-order valence-corrected chi connectivity index (χ0v) is 13.4. The summed E-state index contributed by atoms with van der Waals surface area (Å²) in [4.78, 5) is 38.4. The third kappa shape index (κ3) is 3.05. The van der Waals surface area contributed by atoms with Crippen LogP contribution in [0.1, 0.15) is 16.8 Å². The second-order valence-corrected chi connectivity index (χ2v) is 6.10. The van der Waals surface area contributed by atoms with Crippen molar-refractivity contribution in [2.45, 2.75) is 6.42 Å². The molecule has 1 aliphatic heterocycles. The van der Waals surface area contributed by atoms with Gasteiger partial charge in [-0.1, -0.05) is 29.8 Å². The van der Waals surface area contributed by atoms with Crippen molar-refractivity contribution in [2.75, 3.05) is 18.0 Å². The summed E-state index contributed by atoms with van der Waals surface area (Å²) in [6, 6.07) is 5.32. The first-order valence-electron chi connectivity index (χ1n) is 7.45. The van der Waals surface area contributed by atoms with Crippen LogP contribution >= 0.6 is 11.6 Å². The molecule has 1 saturated heterocycles. The van der Waals surface area contributed by atoms with Crippen molar-refractivity contribution >= 4 is 35.2 Å². The van der Waals surface area contributed by atoms with Crippen molar-refractivity contribution in [3.63, 3.8) is 0 Å². The number of carbonyl (C=O) groups excluding carboxylic acids is 2. The molecule has 1 heterocycles. The van der Waals surface area contributed by atoms with Crippen LogP contribution in [0.5, 0.6) is 0 Å². The van der Waals surface area contributed by atoms with Crippen LogP contribution < -0.4 is 4.90 Å². The van der Waals surface area contributed by atoms with Crippen LogP contribution in [0.4, 0.5) is 10.5 Å². The van der Waals surface area contributed by atoms with Crippen LogP contribution in [-0.4, -0.2) is 41.0 Å². The highest BCUT2D eigenvalue weighted by atomic mass is 35.5. The van der Waals surface area contributed by atoms with Gasteiger partial charge in [-0.15, -0.1) is 0 Å². The van der Waals surface area contributed by atoms with Gasteiger partial charge in [0.2, 0.25) is 0 Å². The number of halogens is 1. The Morgan fingerprint density at radius 3 is 2.83 bits per heavy atom. The second kappa shape index (κ2) is 6.49. The topological polar surface area (TPSA) is 77.9 Å². The second-order valence-electron chi connectivity index (χ2n) is 5.66. The number of rotatable bonds is 4. The Kier molecular flexibility index (Phi) is 4.40. The van der Waals surface area contributed by atoms with E-state index in [1.165, 1.54) is 23.1 Å². The van der Waals surface area contributed by atoms with Gasteiger partial charge in [0.1, 0.15) is 6.54 Å². The van der Waals surface area contributed by atoms with Crippen molar-refractivity contribution in [2.24, 2.45) is 5.92 Å². The summed E-state index contributed by atoms with van der Waals surface area (Å²) < 4.78 is 0. The monoisotopic (exact) mass is 346 g/mol. The first-order valence-corrected chi connectivity index (χ1v) is 7.82. The maximum Gasteiger partial charge on any atom is 0.335 e. The van der Waals surface area contributed by atoms with Gasteiger partial charge < -0.3 is 10.0 Å².